The number of alkyl halides is 2. The van der Waals surface area contributed by atoms with E-state index in [4.69, 9.17) is 0 Å². The zero-order chi connectivity index (χ0) is 27.6. The number of carbonyl (C=O) groups is 4. The van der Waals surface area contributed by atoms with Crippen molar-refractivity contribution in [2.24, 2.45) is 0 Å². The van der Waals surface area contributed by atoms with Gasteiger partial charge in [-0.05, 0) is 48.9 Å². The number of imide groups is 1. The maximum Gasteiger partial charge on any atom is 0.259 e. The van der Waals surface area contributed by atoms with E-state index in [1.807, 2.05) is 18.2 Å². The van der Waals surface area contributed by atoms with Crippen LogP contribution in [0.3, 0.4) is 0 Å². The molecule has 2 aromatic rings. The predicted molar refractivity (Wildman–Crippen MR) is 142 cm³/mol. The number of nitrogens with one attached hydrogen (secondary N) is 2. The van der Waals surface area contributed by atoms with Gasteiger partial charge in [-0.2, -0.15) is 0 Å². The number of nitrogens with zero attached hydrogens (tertiary/aromatic N) is 2. The molecular formula is C29H34F2N4O4. The fourth-order valence-electron chi connectivity index (χ4n) is 5.82. The standard InChI is InChI=1S/C29H34F2N4O4/c30-29(31)13-16-34(17-14-29)15-4-2-1-3-8-24(36)32-18-19-9-10-22-26-20(19)6-5-7-21(26)28(39)35(22)23-11-12-25(37)33-27(23)38/h5-7,9-10,23H,1-4,8,11-18H2,(H,32,36)(H,33,37,38). The number of hydrogen-bond acceptors (Lipinski definition) is 5. The SMILES string of the molecule is O=C(CCCCCCN1CCC(F)(F)CC1)NCc1ccc2c3c(cccc13)C(=O)N2C1CCC(=O)NC1=O. The van der Waals surface area contributed by atoms with Crippen LogP contribution in [0.2, 0.25) is 0 Å². The van der Waals surface area contributed by atoms with Gasteiger partial charge in [0, 0.05) is 56.3 Å². The predicted octanol–water partition coefficient (Wildman–Crippen LogP) is 3.90. The molecule has 3 aliphatic heterocycles. The highest BCUT2D eigenvalue weighted by molar-refractivity contribution is 6.27. The van der Waals surface area contributed by atoms with Crippen LogP contribution < -0.4 is 15.5 Å². The number of amides is 4. The molecule has 8 nitrogen and oxygen atoms in total. The average molecular weight is 541 g/mol. The first-order chi connectivity index (χ1) is 18.7. The molecule has 2 aromatic carbocycles. The molecule has 0 spiro atoms. The molecule has 2 N–H and O–H groups in total. The zero-order valence-electron chi connectivity index (χ0n) is 21.9. The lowest BCUT2D eigenvalue weighted by molar-refractivity contribution is -0.134. The Bertz CT molecular complexity index is 1290. The topological polar surface area (TPSA) is 98.8 Å². The highest BCUT2D eigenvalue weighted by atomic mass is 19.3. The lowest BCUT2D eigenvalue weighted by atomic mass is 10.00. The summed E-state index contributed by atoms with van der Waals surface area (Å²) in [7, 11) is 0. The first kappa shape index (κ1) is 27.2. The summed E-state index contributed by atoms with van der Waals surface area (Å²) in [6, 6.07) is 8.40. The summed E-state index contributed by atoms with van der Waals surface area (Å²) in [5.41, 5.74) is 2.04. The molecule has 1 atom stereocenters. The van der Waals surface area contributed by atoms with Crippen LogP contribution in [0.1, 0.15) is 73.7 Å². The van der Waals surface area contributed by atoms with Gasteiger partial charge in [0.2, 0.25) is 17.7 Å². The van der Waals surface area contributed by atoms with Gasteiger partial charge in [0.1, 0.15) is 6.04 Å². The van der Waals surface area contributed by atoms with E-state index in [0.717, 1.165) is 48.6 Å². The Morgan fingerprint density at radius 1 is 1.03 bits per heavy atom. The summed E-state index contributed by atoms with van der Waals surface area (Å²) in [6.07, 6.45) is 4.36. The van der Waals surface area contributed by atoms with E-state index in [-0.39, 0.29) is 43.4 Å². The third-order valence-electron chi connectivity index (χ3n) is 8.03. The van der Waals surface area contributed by atoms with E-state index in [9.17, 15) is 28.0 Å². The van der Waals surface area contributed by atoms with Gasteiger partial charge < -0.3 is 10.2 Å². The molecule has 10 heteroatoms. The highest BCUT2D eigenvalue weighted by Gasteiger charge is 2.40. The normalized spacial score (nSPS) is 20.9. The molecule has 4 amide bonds. The molecule has 1 unspecified atom stereocenters. The minimum Gasteiger partial charge on any atom is -0.352 e. The molecule has 0 saturated carbocycles. The highest BCUT2D eigenvalue weighted by Crippen LogP contribution is 2.41. The van der Waals surface area contributed by atoms with Crippen molar-refractivity contribution in [3.63, 3.8) is 0 Å². The first-order valence-corrected chi connectivity index (χ1v) is 13.8. The Labute approximate surface area is 226 Å². The first-order valence-electron chi connectivity index (χ1n) is 13.8. The molecule has 0 radical (unpaired) electrons. The maximum absolute atomic E-state index is 13.3. The van der Waals surface area contributed by atoms with E-state index in [1.54, 1.807) is 12.1 Å². The van der Waals surface area contributed by atoms with Crippen molar-refractivity contribution in [3.05, 3.63) is 41.5 Å². The number of carbonyl (C=O) groups excluding carboxylic acids is 4. The lowest BCUT2D eigenvalue weighted by Crippen LogP contribution is -2.53. The van der Waals surface area contributed by atoms with Crippen molar-refractivity contribution in [3.8, 4) is 0 Å². The number of rotatable bonds is 10. The minimum atomic E-state index is -2.51. The lowest BCUT2D eigenvalue weighted by Gasteiger charge is -2.31. The summed E-state index contributed by atoms with van der Waals surface area (Å²) in [5.74, 6) is -3.61. The molecule has 0 aromatic heterocycles. The van der Waals surface area contributed by atoms with E-state index in [2.05, 4.69) is 15.5 Å². The molecule has 39 heavy (non-hydrogen) atoms. The van der Waals surface area contributed by atoms with Crippen LogP contribution >= 0.6 is 0 Å². The largest absolute Gasteiger partial charge is 0.352 e. The molecular weight excluding hydrogens is 506 g/mol. The van der Waals surface area contributed by atoms with Gasteiger partial charge in [0.25, 0.3) is 11.8 Å². The van der Waals surface area contributed by atoms with Crippen molar-refractivity contribution < 1.29 is 28.0 Å². The Hall–Kier alpha value is -3.40. The Balaban J connectivity index is 1.11. The van der Waals surface area contributed by atoms with E-state index in [0.29, 0.717) is 37.3 Å². The number of likely N-dealkylation sites (tertiary alicyclic amines) is 1. The quantitative estimate of drug-likeness (QED) is 0.352. The van der Waals surface area contributed by atoms with Gasteiger partial charge in [-0.25, -0.2) is 8.78 Å². The molecule has 5 rings (SSSR count). The fraction of sp³-hybridized carbons (Fsp3) is 0.517. The van der Waals surface area contributed by atoms with Crippen molar-refractivity contribution in [2.75, 3.05) is 24.5 Å². The van der Waals surface area contributed by atoms with Crippen molar-refractivity contribution in [1.82, 2.24) is 15.5 Å². The number of anilines is 1. The third kappa shape index (κ3) is 5.95. The van der Waals surface area contributed by atoms with Crippen LogP contribution in [0.25, 0.3) is 10.8 Å². The Kier molecular flexibility index (Phi) is 7.93. The average Bonchev–Trinajstić information content (AvgIpc) is 3.19. The van der Waals surface area contributed by atoms with Gasteiger partial charge in [-0.1, -0.05) is 31.0 Å². The van der Waals surface area contributed by atoms with Crippen molar-refractivity contribution >= 4 is 40.1 Å². The van der Waals surface area contributed by atoms with Gasteiger partial charge in [0.05, 0.1) is 5.69 Å². The molecule has 0 bridgehead atoms. The zero-order valence-corrected chi connectivity index (χ0v) is 21.9. The summed E-state index contributed by atoms with van der Waals surface area (Å²) < 4.78 is 26.5. The van der Waals surface area contributed by atoms with E-state index < -0.39 is 17.9 Å². The van der Waals surface area contributed by atoms with Crippen LogP contribution in [-0.2, 0) is 20.9 Å². The molecule has 3 heterocycles. The monoisotopic (exact) mass is 540 g/mol. The molecule has 0 aliphatic carbocycles. The van der Waals surface area contributed by atoms with Crippen LogP contribution in [-0.4, -0.2) is 60.1 Å². The smallest absolute Gasteiger partial charge is 0.259 e. The number of unbranched alkanes of at least 4 members (excludes halogenated alkanes) is 3. The Morgan fingerprint density at radius 2 is 1.79 bits per heavy atom. The fourth-order valence-corrected chi connectivity index (χ4v) is 5.82. The van der Waals surface area contributed by atoms with Crippen LogP contribution in [0.5, 0.6) is 0 Å². The van der Waals surface area contributed by atoms with Crippen LogP contribution in [0.15, 0.2) is 30.3 Å². The summed E-state index contributed by atoms with van der Waals surface area (Å²) >= 11 is 0. The number of halogens is 2. The van der Waals surface area contributed by atoms with Crippen molar-refractivity contribution in [1.29, 1.82) is 0 Å². The second-order valence-electron chi connectivity index (χ2n) is 10.8. The van der Waals surface area contributed by atoms with Crippen LogP contribution in [0.4, 0.5) is 14.5 Å². The van der Waals surface area contributed by atoms with Gasteiger partial charge >= 0.3 is 0 Å². The number of piperidine rings is 2. The van der Waals surface area contributed by atoms with Gasteiger partial charge in [-0.15, -0.1) is 0 Å². The number of benzene rings is 2. The Morgan fingerprint density at radius 3 is 2.56 bits per heavy atom. The van der Waals surface area contributed by atoms with E-state index >= 15 is 0 Å². The summed E-state index contributed by atoms with van der Waals surface area (Å²) in [5, 5.41) is 6.92. The molecule has 208 valence electrons. The van der Waals surface area contributed by atoms with Crippen LogP contribution in [0, 0.1) is 0 Å². The van der Waals surface area contributed by atoms with E-state index in [1.165, 1.54) is 4.90 Å². The maximum atomic E-state index is 13.3. The van der Waals surface area contributed by atoms with Gasteiger partial charge in [-0.3, -0.25) is 29.4 Å². The summed E-state index contributed by atoms with van der Waals surface area (Å²) in [6.45, 7) is 2.06. The molecule has 2 fully saturated rings. The van der Waals surface area contributed by atoms with Gasteiger partial charge in [0.15, 0.2) is 0 Å². The third-order valence-corrected chi connectivity index (χ3v) is 8.03. The van der Waals surface area contributed by atoms with Crippen molar-refractivity contribution in [2.45, 2.75) is 76.3 Å². The molecule has 2 saturated heterocycles. The summed E-state index contributed by atoms with van der Waals surface area (Å²) in [4.78, 5) is 53.4. The minimum absolute atomic E-state index is 0.0437. The second-order valence-corrected chi connectivity index (χ2v) is 10.8. The molecule has 3 aliphatic rings. The second kappa shape index (κ2) is 11.4. The number of hydrogen-bond donors (Lipinski definition) is 2.